The third-order valence-corrected chi connectivity index (χ3v) is 4.89. The molecule has 2 N–H and O–H groups in total. The number of tetrazole rings is 2. The predicted octanol–water partition coefficient (Wildman–Crippen LogP) is 1.46. The zero-order valence-electron chi connectivity index (χ0n) is 13.7. The van der Waals surface area contributed by atoms with Crippen LogP contribution in [-0.2, 0) is 11.3 Å². The Labute approximate surface area is 161 Å². The number of hydrogen-bond acceptors (Lipinski definition) is 8. The van der Waals surface area contributed by atoms with Crippen molar-refractivity contribution in [3.05, 3.63) is 50.9 Å². The summed E-state index contributed by atoms with van der Waals surface area (Å²) in [5, 5.41) is 35.8. The van der Waals surface area contributed by atoms with Gasteiger partial charge in [0, 0.05) is 21.3 Å². The maximum atomic E-state index is 12.2. The quantitative estimate of drug-likeness (QED) is 0.657. The molecule has 0 radical (unpaired) electrons. The fourth-order valence-corrected chi connectivity index (χ4v) is 3.65. The monoisotopic (exact) mass is 407 g/mol. The lowest BCUT2D eigenvalue weighted by Crippen LogP contribution is -2.36. The summed E-state index contributed by atoms with van der Waals surface area (Å²) in [6, 6.07) is 4.05. The van der Waals surface area contributed by atoms with E-state index in [0.29, 0.717) is 33.1 Å². The van der Waals surface area contributed by atoms with Gasteiger partial charge in [0.2, 0.25) is 0 Å². The van der Waals surface area contributed by atoms with Crippen LogP contribution in [-0.4, -0.2) is 51.9 Å². The Bertz CT molecular complexity index is 1030. The second-order valence-electron chi connectivity index (χ2n) is 5.70. The van der Waals surface area contributed by atoms with Gasteiger partial charge in [0.1, 0.15) is 6.04 Å². The number of nitrogens with one attached hydrogen (secondary N) is 1. The molecule has 1 atom stereocenters. The molecule has 27 heavy (non-hydrogen) atoms. The van der Waals surface area contributed by atoms with Crippen LogP contribution < -0.4 is 4.90 Å². The third-order valence-electron chi connectivity index (χ3n) is 4.23. The Hall–Kier alpha value is -3.05. The number of anilines is 1. The van der Waals surface area contributed by atoms with Crippen LogP contribution in [0.25, 0.3) is 0 Å². The van der Waals surface area contributed by atoms with E-state index in [0.717, 1.165) is 0 Å². The van der Waals surface area contributed by atoms with Crippen molar-refractivity contribution < 1.29 is 9.90 Å². The maximum absolute atomic E-state index is 12.2. The Morgan fingerprint density at radius 3 is 2.63 bits per heavy atom. The van der Waals surface area contributed by atoms with Gasteiger partial charge < -0.3 is 10.0 Å². The number of carboxylic acid groups (broad SMARTS) is 1. The lowest BCUT2D eigenvalue weighted by molar-refractivity contribution is -0.133. The summed E-state index contributed by atoms with van der Waals surface area (Å²) in [4.78, 5) is 13.8. The van der Waals surface area contributed by atoms with Crippen molar-refractivity contribution >= 4 is 35.1 Å². The van der Waals surface area contributed by atoms with Crippen molar-refractivity contribution in [3.63, 3.8) is 0 Å². The van der Waals surface area contributed by atoms with Gasteiger partial charge in [-0.25, -0.2) is 9.89 Å². The van der Waals surface area contributed by atoms with E-state index in [2.05, 4.69) is 36.1 Å². The van der Waals surface area contributed by atoms with Gasteiger partial charge in [-0.15, -0.1) is 5.10 Å². The average molecular weight is 408 g/mol. The van der Waals surface area contributed by atoms with Gasteiger partial charge in [0.15, 0.2) is 5.82 Å². The Balaban J connectivity index is 1.93. The normalized spacial score (nSPS) is 16.6. The molecule has 3 heterocycles. The van der Waals surface area contributed by atoms with E-state index in [-0.39, 0.29) is 12.1 Å². The van der Waals surface area contributed by atoms with E-state index in [1.54, 1.807) is 30.0 Å². The van der Waals surface area contributed by atoms with E-state index in [9.17, 15) is 9.90 Å². The topological polar surface area (TPSA) is 139 Å². The van der Waals surface area contributed by atoms with Gasteiger partial charge in [-0.3, -0.25) is 0 Å². The molecule has 0 saturated carbocycles. The number of carboxylic acids is 1. The molecule has 0 spiro atoms. The number of aliphatic carboxylic acids is 1. The number of nitrogens with zero attached hydrogens (tertiary/aromatic N) is 8. The van der Waals surface area contributed by atoms with Gasteiger partial charge in [-0.05, 0) is 39.9 Å². The number of fused-ring (bicyclic) bond motifs is 1. The number of aromatic amines is 1. The fraction of sp³-hybridized carbons (Fsp3) is 0.214. The second-order valence-corrected chi connectivity index (χ2v) is 6.51. The van der Waals surface area contributed by atoms with Crippen molar-refractivity contribution in [1.82, 2.24) is 40.8 Å². The zero-order chi connectivity index (χ0) is 19.1. The van der Waals surface area contributed by atoms with Crippen LogP contribution in [0.4, 0.5) is 5.95 Å². The molecule has 0 aliphatic carbocycles. The molecular weight excluding hydrogens is 397 g/mol. The van der Waals surface area contributed by atoms with E-state index in [1.165, 1.54) is 4.68 Å². The minimum Gasteiger partial charge on any atom is -0.478 e. The molecule has 1 aromatic carbocycles. The summed E-state index contributed by atoms with van der Waals surface area (Å²) >= 11 is 12.7. The minimum atomic E-state index is -1.14. The average Bonchev–Trinajstić information content (AvgIpc) is 3.29. The molecule has 13 heteroatoms. The largest absolute Gasteiger partial charge is 0.478 e. The molecule has 0 bridgehead atoms. The first-order valence-corrected chi connectivity index (χ1v) is 8.40. The number of carbonyl (C=O) groups is 1. The minimum absolute atomic E-state index is 0.0391. The van der Waals surface area contributed by atoms with Crippen molar-refractivity contribution in [2.45, 2.75) is 19.5 Å². The highest BCUT2D eigenvalue weighted by Crippen LogP contribution is 2.42. The first-order valence-electron chi connectivity index (χ1n) is 7.65. The van der Waals surface area contributed by atoms with Crippen molar-refractivity contribution in [1.29, 1.82) is 0 Å². The summed E-state index contributed by atoms with van der Waals surface area (Å²) in [7, 11) is 0. The molecule has 2 aromatic heterocycles. The van der Waals surface area contributed by atoms with Crippen LogP contribution in [0.1, 0.15) is 24.4 Å². The van der Waals surface area contributed by atoms with E-state index in [1.807, 2.05) is 0 Å². The number of rotatable bonds is 4. The van der Waals surface area contributed by atoms with Crippen LogP contribution in [0.5, 0.6) is 0 Å². The van der Waals surface area contributed by atoms with Crippen molar-refractivity contribution in [2.24, 2.45) is 0 Å². The maximum Gasteiger partial charge on any atom is 0.335 e. The molecule has 11 nitrogen and oxygen atoms in total. The zero-order valence-corrected chi connectivity index (χ0v) is 15.2. The van der Waals surface area contributed by atoms with Gasteiger partial charge >= 0.3 is 5.97 Å². The van der Waals surface area contributed by atoms with Crippen molar-refractivity contribution in [3.8, 4) is 0 Å². The highest BCUT2D eigenvalue weighted by atomic mass is 35.5. The SMILES string of the molecule is CC1=C(C(=O)O)C(c2c(Cl)cccc2Cl)n2nnnc2N1Cc1nnn[nH]1. The molecule has 1 aliphatic heterocycles. The number of allylic oxidation sites excluding steroid dienone is 1. The lowest BCUT2D eigenvalue weighted by Gasteiger charge is -2.34. The lowest BCUT2D eigenvalue weighted by atomic mass is 9.95. The molecule has 0 fully saturated rings. The Morgan fingerprint density at radius 1 is 1.26 bits per heavy atom. The predicted molar refractivity (Wildman–Crippen MR) is 93.1 cm³/mol. The molecule has 138 valence electrons. The van der Waals surface area contributed by atoms with E-state index < -0.39 is 12.0 Å². The Morgan fingerprint density at radius 2 is 2.00 bits per heavy atom. The van der Waals surface area contributed by atoms with Crippen LogP contribution in [0.3, 0.4) is 0 Å². The van der Waals surface area contributed by atoms with Crippen molar-refractivity contribution in [2.75, 3.05) is 4.90 Å². The molecule has 0 saturated heterocycles. The summed E-state index contributed by atoms with van der Waals surface area (Å²) < 4.78 is 1.37. The molecule has 3 aromatic rings. The van der Waals surface area contributed by atoms with Crippen LogP contribution in [0, 0.1) is 0 Å². The van der Waals surface area contributed by atoms with E-state index in [4.69, 9.17) is 23.2 Å². The summed E-state index contributed by atoms with van der Waals surface area (Å²) in [5.41, 5.74) is 0.867. The number of benzene rings is 1. The van der Waals surface area contributed by atoms with Crippen LogP contribution >= 0.6 is 23.2 Å². The molecule has 4 rings (SSSR count). The first-order chi connectivity index (χ1) is 13.0. The van der Waals surface area contributed by atoms with Crippen LogP contribution in [0.2, 0.25) is 10.0 Å². The first kappa shape index (κ1) is 17.4. The third kappa shape index (κ3) is 2.80. The summed E-state index contributed by atoms with van der Waals surface area (Å²) in [5.74, 6) is -0.409. The fourth-order valence-electron chi connectivity index (χ4n) is 3.04. The standard InChI is InChI=1S/C14H11Cl2N9O2/c1-6-10(13(26)27)12(11-7(15)3-2-4-8(11)16)25-14(19-22-23-25)24(6)5-9-17-20-21-18-9/h2-4,12H,5H2,1H3,(H,26,27)(H,17,18,20,21). The van der Waals surface area contributed by atoms with Gasteiger partial charge in [0.05, 0.1) is 12.1 Å². The number of hydrogen-bond donors (Lipinski definition) is 2. The van der Waals surface area contributed by atoms with E-state index >= 15 is 0 Å². The molecule has 0 amide bonds. The summed E-state index contributed by atoms with van der Waals surface area (Å²) in [6.07, 6.45) is 0. The summed E-state index contributed by atoms with van der Waals surface area (Å²) in [6.45, 7) is 1.81. The van der Waals surface area contributed by atoms with Gasteiger partial charge in [0.25, 0.3) is 5.95 Å². The molecule has 1 aliphatic rings. The van der Waals surface area contributed by atoms with Gasteiger partial charge in [-0.2, -0.15) is 4.68 Å². The highest BCUT2D eigenvalue weighted by Gasteiger charge is 2.39. The molecular formula is C14H11Cl2N9O2. The highest BCUT2D eigenvalue weighted by molar-refractivity contribution is 6.36. The number of H-pyrrole nitrogens is 1. The van der Waals surface area contributed by atoms with Gasteiger partial charge in [-0.1, -0.05) is 34.4 Å². The number of halogens is 2. The number of aromatic nitrogens is 8. The second kappa shape index (κ2) is 6.59. The smallest absolute Gasteiger partial charge is 0.335 e. The van der Waals surface area contributed by atoms with Crippen LogP contribution in [0.15, 0.2) is 29.5 Å². The Kier molecular flexibility index (Phi) is 4.24. The molecule has 1 unspecified atom stereocenters.